The van der Waals surface area contributed by atoms with Crippen molar-refractivity contribution in [1.82, 2.24) is 10.8 Å². The summed E-state index contributed by atoms with van der Waals surface area (Å²) in [5.41, 5.74) is 0.704. The largest absolute Gasteiger partial charge is 0.458 e. The quantitative estimate of drug-likeness (QED) is 0.114. The van der Waals surface area contributed by atoms with Gasteiger partial charge in [0.25, 0.3) is 0 Å². The van der Waals surface area contributed by atoms with Gasteiger partial charge in [-0.25, -0.2) is 14.4 Å². The summed E-state index contributed by atoms with van der Waals surface area (Å²) in [5.74, 6) is -0.577. The molecule has 0 aliphatic carbocycles. The van der Waals surface area contributed by atoms with Crippen LogP contribution in [0.1, 0.15) is 110 Å². The zero-order valence-corrected chi connectivity index (χ0v) is 25.0. The molecule has 0 radical (unpaired) electrons. The van der Waals surface area contributed by atoms with Gasteiger partial charge in [0.05, 0.1) is 6.61 Å². The van der Waals surface area contributed by atoms with Crippen molar-refractivity contribution < 1.29 is 33.4 Å². The number of hydrogen-bond donors (Lipinski definition) is 2. The highest BCUT2D eigenvalue weighted by atomic mass is 16.7. The summed E-state index contributed by atoms with van der Waals surface area (Å²) in [5, 5.41) is 2.51. The molecule has 212 valence electrons. The third-order valence-electron chi connectivity index (χ3n) is 2.61. The lowest BCUT2D eigenvalue weighted by Gasteiger charge is -2.26. The number of esters is 1. The summed E-state index contributed by atoms with van der Waals surface area (Å²) in [7, 11) is 0. The molecule has 35 heavy (non-hydrogen) atoms. The van der Waals surface area contributed by atoms with Gasteiger partial charge in [0.15, 0.2) is 0 Å². The minimum absolute atomic E-state index is 0.0652. The fourth-order valence-electron chi connectivity index (χ4n) is 1.71. The molecule has 0 saturated carbocycles. The summed E-state index contributed by atoms with van der Waals surface area (Å²) in [6, 6.07) is -0.907. The third-order valence-corrected chi connectivity index (χ3v) is 2.61. The van der Waals surface area contributed by atoms with Crippen molar-refractivity contribution in [1.29, 1.82) is 0 Å². The van der Waals surface area contributed by atoms with Gasteiger partial charge in [0.1, 0.15) is 23.9 Å². The summed E-state index contributed by atoms with van der Waals surface area (Å²) >= 11 is 0. The lowest BCUT2D eigenvalue weighted by atomic mass is 10.1. The Bertz CT molecular complexity index is 511. The van der Waals surface area contributed by atoms with Crippen molar-refractivity contribution in [2.45, 2.75) is 127 Å². The minimum Gasteiger partial charge on any atom is -0.458 e. The fraction of sp³-hybridized carbons (Fsp3) is 0.808. The van der Waals surface area contributed by atoms with Gasteiger partial charge in [-0.1, -0.05) is 68.0 Å². The van der Waals surface area contributed by atoms with E-state index in [1.165, 1.54) is 6.08 Å². The normalized spacial score (nSPS) is 10.3. The minimum atomic E-state index is -0.907. The van der Waals surface area contributed by atoms with E-state index in [2.05, 4.69) is 22.1 Å². The molecule has 9 nitrogen and oxygen atoms in total. The molecule has 0 bridgehead atoms. The maximum absolute atomic E-state index is 12.3. The number of carbonyl (C=O) groups is 3. The molecule has 0 aromatic heterocycles. The van der Waals surface area contributed by atoms with Crippen LogP contribution in [0.5, 0.6) is 0 Å². The summed E-state index contributed by atoms with van der Waals surface area (Å²) in [6.45, 7) is 30.0. The number of amides is 2. The first-order chi connectivity index (χ1) is 16.3. The van der Waals surface area contributed by atoms with Crippen molar-refractivity contribution in [2.75, 3.05) is 13.2 Å². The Morgan fingerprint density at radius 2 is 1.26 bits per heavy atom. The molecular weight excluding hydrogens is 452 g/mol. The Labute approximate surface area is 215 Å². The molecule has 1 atom stereocenters. The average Bonchev–Trinajstić information content (AvgIpc) is 2.79. The Hall–Kier alpha value is -2.29. The first-order valence-corrected chi connectivity index (χ1v) is 12.7. The number of nitrogens with one attached hydrogen (secondary N) is 2. The van der Waals surface area contributed by atoms with E-state index < -0.39 is 35.4 Å². The van der Waals surface area contributed by atoms with Crippen LogP contribution < -0.4 is 10.8 Å². The molecule has 9 heteroatoms. The van der Waals surface area contributed by atoms with Crippen molar-refractivity contribution >= 4 is 18.2 Å². The molecule has 2 amide bonds. The zero-order chi connectivity index (χ0) is 29.1. The van der Waals surface area contributed by atoms with E-state index in [0.29, 0.717) is 6.42 Å². The molecule has 1 unspecified atom stereocenters. The van der Waals surface area contributed by atoms with Crippen LogP contribution in [0.2, 0.25) is 0 Å². The number of ether oxygens (including phenoxy) is 3. The lowest BCUT2D eigenvalue weighted by Crippen LogP contribution is -2.46. The SMILES string of the molecule is C=CCOC(=O)NOCCCC(NC(=O)OC(C)(C)C)C(=O)OC(C)(C)C.CC.CC.CC.CC. The Balaban J connectivity index is -0.000000337. The number of hydrogen-bond acceptors (Lipinski definition) is 7. The monoisotopic (exact) mass is 508 g/mol. The van der Waals surface area contributed by atoms with E-state index >= 15 is 0 Å². The molecule has 0 aromatic rings. The van der Waals surface area contributed by atoms with Crippen LogP contribution in [-0.2, 0) is 23.8 Å². The highest BCUT2D eigenvalue weighted by Gasteiger charge is 2.28. The van der Waals surface area contributed by atoms with Gasteiger partial charge in [0.2, 0.25) is 0 Å². The third kappa shape index (κ3) is 36.5. The highest BCUT2D eigenvalue weighted by Crippen LogP contribution is 2.12. The van der Waals surface area contributed by atoms with Crippen molar-refractivity contribution in [3.8, 4) is 0 Å². The van der Waals surface area contributed by atoms with Gasteiger partial charge in [-0.2, -0.15) is 5.48 Å². The van der Waals surface area contributed by atoms with E-state index in [-0.39, 0.29) is 19.6 Å². The highest BCUT2D eigenvalue weighted by molar-refractivity contribution is 5.81. The van der Waals surface area contributed by atoms with Gasteiger partial charge in [0, 0.05) is 0 Å². The Kier molecular flexibility index (Phi) is 34.2. The van der Waals surface area contributed by atoms with E-state index in [1.54, 1.807) is 41.5 Å². The maximum atomic E-state index is 12.3. The molecule has 0 saturated heterocycles. The summed E-state index contributed by atoms with van der Waals surface area (Å²) in [4.78, 5) is 40.4. The molecule has 2 N–H and O–H groups in total. The van der Waals surface area contributed by atoms with Crippen LogP contribution in [0.25, 0.3) is 0 Å². The molecular formula is C26H56N2O7. The second-order valence-corrected chi connectivity index (χ2v) is 7.71. The van der Waals surface area contributed by atoms with E-state index in [1.807, 2.05) is 55.4 Å². The molecule has 0 fully saturated rings. The first-order valence-electron chi connectivity index (χ1n) is 12.7. The van der Waals surface area contributed by atoms with Crippen LogP contribution in [0.4, 0.5) is 9.59 Å². The molecule has 0 rings (SSSR count). The van der Waals surface area contributed by atoms with Gasteiger partial charge < -0.3 is 19.5 Å². The van der Waals surface area contributed by atoms with Crippen LogP contribution >= 0.6 is 0 Å². The smallest absolute Gasteiger partial charge is 0.431 e. The van der Waals surface area contributed by atoms with Gasteiger partial charge >= 0.3 is 18.2 Å². The van der Waals surface area contributed by atoms with E-state index in [9.17, 15) is 14.4 Å². The predicted molar refractivity (Wildman–Crippen MR) is 144 cm³/mol. The molecule has 0 aromatic carbocycles. The molecule has 0 spiro atoms. The summed E-state index contributed by atoms with van der Waals surface area (Å²) < 4.78 is 15.2. The van der Waals surface area contributed by atoms with Crippen LogP contribution in [0.15, 0.2) is 12.7 Å². The summed E-state index contributed by atoms with van der Waals surface area (Å²) in [6.07, 6.45) is 0.558. The molecule has 0 heterocycles. The van der Waals surface area contributed by atoms with Crippen molar-refractivity contribution in [3.63, 3.8) is 0 Å². The number of rotatable bonds is 9. The Morgan fingerprint density at radius 3 is 1.66 bits per heavy atom. The van der Waals surface area contributed by atoms with E-state index in [4.69, 9.17) is 14.3 Å². The average molecular weight is 509 g/mol. The number of hydroxylamine groups is 1. The van der Waals surface area contributed by atoms with Crippen LogP contribution in [0.3, 0.4) is 0 Å². The topological polar surface area (TPSA) is 112 Å². The number of alkyl carbamates (subject to hydrolysis) is 1. The first kappa shape index (κ1) is 42.8. The second kappa shape index (κ2) is 28.0. The lowest BCUT2D eigenvalue weighted by molar-refractivity contribution is -0.157. The second-order valence-electron chi connectivity index (χ2n) is 7.71. The standard InChI is InChI=1S/C18H32N2O7.4C2H6/c1-8-11-24-16(23)20-25-12-9-10-13(14(21)26-17(2,3)4)19-15(22)27-18(5,6)7;4*1-2/h8,13H,1,9-12H2,2-7H3,(H,19,22)(H,20,23);4*1-2H3. The van der Waals surface area contributed by atoms with Crippen molar-refractivity contribution in [2.24, 2.45) is 0 Å². The van der Waals surface area contributed by atoms with E-state index in [0.717, 1.165) is 0 Å². The molecule has 0 aliphatic heterocycles. The number of carbonyl (C=O) groups excluding carboxylic acids is 3. The maximum Gasteiger partial charge on any atom is 0.431 e. The Morgan fingerprint density at radius 1 is 0.800 bits per heavy atom. The van der Waals surface area contributed by atoms with Gasteiger partial charge in [-0.05, 0) is 54.4 Å². The predicted octanol–water partition coefficient (Wildman–Crippen LogP) is 6.95. The van der Waals surface area contributed by atoms with Gasteiger partial charge in [-0.15, -0.1) is 0 Å². The van der Waals surface area contributed by atoms with Crippen LogP contribution in [0, 0.1) is 0 Å². The van der Waals surface area contributed by atoms with Crippen molar-refractivity contribution in [3.05, 3.63) is 12.7 Å². The molecule has 0 aliphatic rings. The van der Waals surface area contributed by atoms with Gasteiger partial charge in [-0.3, -0.25) is 4.84 Å². The van der Waals surface area contributed by atoms with Crippen LogP contribution in [-0.4, -0.2) is 48.6 Å². The fourth-order valence-corrected chi connectivity index (χ4v) is 1.71. The zero-order valence-electron chi connectivity index (χ0n) is 25.0.